The number of carbonyl (C=O) groups excluding carboxylic acids is 1. The molecule has 0 aromatic heterocycles. The summed E-state index contributed by atoms with van der Waals surface area (Å²) in [5.74, 6) is -0.655. The zero-order valence-corrected chi connectivity index (χ0v) is 13.1. The van der Waals surface area contributed by atoms with Gasteiger partial charge in [-0.2, -0.15) is 0 Å². The molecule has 2 rings (SSSR count). The van der Waals surface area contributed by atoms with Crippen molar-refractivity contribution in [1.82, 2.24) is 10.2 Å². The number of ether oxygens (including phenoxy) is 1. The second-order valence-corrected chi connectivity index (χ2v) is 5.73. The summed E-state index contributed by atoms with van der Waals surface area (Å²) in [7, 11) is 1.56. The van der Waals surface area contributed by atoms with Crippen LogP contribution in [0.2, 0.25) is 5.02 Å². The number of hydrogen-bond acceptors (Lipinski definition) is 4. The molecule has 1 fully saturated rings. The lowest BCUT2D eigenvalue weighted by Crippen LogP contribution is -2.36. The summed E-state index contributed by atoms with van der Waals surface area (Å²) in [6, 6.07) is 5.22. The third kappa shape index (κ3) is 4.35. The highest BCUT2D eigenvalue weighted by Crippen LogP contribution is 2.22. The van der Waals surface area contributed by atoms with Gasteiger partial charge in [0.2, 0.25) is 5.91 Å². The van der Waals surface area contributed by atoms with Crippen molar-refractivity contribution in [2.75, 3.05) is 26.7 Å². The molecule has 1 amide bonds. The van der Waals surface area contributed by atoms with E-state index in [2.05, 4.69) is 5.32 Å². The van der Waals surface area contributed by atoms with Gasteiger partial charge in [-0.15, -0.1) is 0 Å². The fraction of sp³-hybridized carbons (Fsp3) is 0.467. The molecule has 7 heteroatoms. The van der Waals surface area contributed by atoms with Crippen molar-refractivity contribution in [3.63, 3.8) is 0 Å². The van der Waals surface area contributed by atoms with Gasteiger partial charge in [0, 0.05) is 23.7 Å². The molecule has 1 aliphatic heterocycles. The van der Waals surface area contributed by atoms with E-state index in [9.17, 15) is 9.59 Å². The lowest BCUT2D eigenvalue weighted by Gasteiger charge is -2.15. The Hall–Kier alpha value is -1.79. The highest BCUT2D eigenvalue weighted by molar-refractivity contribution is 6.30. The first-order chi connectivity index (χ1) is 10.5. The smallest absolute Gasteiger partial charge is 0.307 e. The number of hydrogen-bond donors (Lipinski definition) is 2. The first-order valence-electron chi connectivity index (χ1n) is 7.04. The van der Waals surface area contributed by atoms with Gasteiger partial charge in [0.15, 0.2) is 0 Å². The maximum atomic E-state index is 12.0. The summed E-state index contributed by atoms with van der Waals surface area (Å²) < 4.78 is 5.22. The molecule has 1 unspecified atom stereocenters. The highest BCUT2D eigenvalue weighted by atomic mass is 35.5. The molecule has 0 aliphatic carbocycles. The standard InChI is InChI=1S/C15H19ClN2O4/c1-22-13-3-2-12(16)6-11(13)7-17-14(19)9-18-5-4-10(8-18)15(20)21/h2-3,6,10H,4-5,7-9H2,1H3,(H,17,19)(H,20,21). The predicted molar refractivity (Wildman–Crippen MR) is 82.0 cm³/mol. The molecule has 6 nitrogen and oxygen atoms in total. The number of rotatable bonds is 6. The van der Waals surface area contributed by atoms with Gasteiger partial charge < -0.3 is 15.2 Å². The van der Waals surface area contributed by atoms with E-state index in [1.54, 1.807) is 25.3 Å². The van der Waals surface area contributed by atoms with E-state index in [0.717, 1.165) is 5.56 Å². The van der Waals surface area contributed by atoms with E-state index >= 15 is 0 Å². The summed E-state index contributed by atoms with van der Waals surface area (Å²) in [6.07, 6.45) is 0.588. The molecular weight excluding hydrogens is 308 g/mol. The molecule has 1 heterocycles. The summed E-state index contributed by atoms with van der Waals surface area (Å²) in [6.45, 7) is 1.57. The van der Waals surface area contributed by atoms with Crippen LogP contribution in [-0.4, -0.2) is 48.6 Å². The van der Waals surface area contributed by atoms with E-state index < -0.39 is 5.97 Å². The van der Waals surface area contributed by atoms with E-state index in [-0.39, 0.29) is 18.4 Å². The SMILES string of the molecule is COc1ccc(Cl)cc1CNC(=O)CN1CCC(C(=O)O)C1. The van der Waals surface area contributed by atoms with Crippen LogP contribution in [0.25, 0.3) is 0 Å². The summed E-state index contributed by atoms with van der Waals surface area (Å²) in [5, 5.41) is 12.3. The quantitative estimate of drug-likeness (QED) is 0.825. The fourth-order valence-electron chi connectivity index (χ4n) is 2.52. The molecular formula is C15H19ClN2O4. The number of carboxylic acid groups (broad SMARTS) is 1. The number of carbonyl (C=O) groups is 2. The Balaban J connectivity index is 1.83. The second kappa shape index (κ2) is 7.47. The van der Waals surface area contributed by atoms with Crippen LogP contribution in [0.4, 0.5) is 0 Å². The predicted octanol–water partition coefficient (Wildman–Crippen LogP) is 1.37. The third-order valence-corrected chi connectivity index (χ3v) is 3.94. The lowest BCUT2D eigenvalue weighted by atomic mass is 10.1. The largest absolute Gasteiger partial charge is 0.496 e. The van der Waals surface area contributed by atoms with Crippen LogP contribution in [0, 0.1) is 5.92 Å². The normalized spacial score (nSPS) is 18.2. The molecule has 0 saturated carbocycles. The van der Waals surface area contributed by atoms with Gasteiger partial charge in [0.05, 0.1) is 19.6 Å². The van der Waals surface area contributed by atoms with Crippen molar-refractivity contribution in [3.05, 3.63) is 28.8 Å². The van der Waals surface area contributed by atoms with Gasteiger partial charge in [-0.1, -0.05) is 11.6 Å². The molecule has 22 heavy (non-hydrogen) atoms. The number of amides is 1. The average Bonchev–Trinajstić information content (AvgIpc) is 2.94. The Morgan fingerprint density at radius 3 is 2.91 bits per heavy atom. The molecule has 120 valence electrons. The van der Waals surface area contributed by atoms with Gasteiger partial charge >= 0.3 is 5.97 Å². The third-order valence-electron chi connectivity index (χ3n) is 3.71. The Labute approximate surface area is 134 Å². The number of nitrogens with one attached hydrogen (secondary N) is 1. The van der Waals surface area contributed by atoms with Crippen molar-refractivity contribution in [1.29, 1.82) is 0 Å². The number of carboxylic acids is 1. The molecule has 0 spiro atoms. The van der Waals surface area contributed by atoms with Crippen molar-refractivity contribution in [2.24, 2.45) is 5.92 Å². The van der Waals surface area contributed by atoms with Gasteiger partial charge in [0.1, 0.15) is 5.75 Å². The second-order valence-electron chi connectivity index (χ2n) is 5.29. The zero-order chi connectivity index (χ0) is 16.1. The maximum Gasteiger partial charge on any atom is 0.307 e. The molecule has 1 aliphatic rings. The minimum atomic E-state index is -0.799. The zero-order valence-electron chi connectivity index (χ0n) is 12.3. The molecule has 0 bridgehead atoms. The molecule has 1 aromatic rings. The van der Waals surface area contributed by atoms with Crippen LogP contribution in [0.1, 0.15) is 12.0 Å². The fourth-order valence-corrected chi connectivity index (χ4v) is 2.71. The number of methoxy groups -OCH3 is 1. The number of nitrogens with zero attached hydrogens (tertiary/aromatic N) is 1. The maximum absolute atomic E-state index is 12.0. The van der Waals surface area contributed by atoms with Crippen LogP contribution < -0.4 is 10.1 Å². The van der Waals surface area contributed by atoms with Gasteiger partial charge in [-0.25, -0.2) is 0 Å². The minimum absolute atomic E-state index is 0.145. The number of benzene rings is 1. The van der Waals surface area contributed by atoms with E-state index in [1.165, 1.54) is 0 Å². The van der Waals surface area contributed by atoms with E-state index in [4.69, 9.17) is 21.4 Å². The van der Waals surface area contributed by atoms with Crippen molar-refractivity contribution < 1.29 is 19.4 Å². The Kier molecular flexibility index (Phi) is 5.63. The van der Waals surface area contributed by atoms with Gasteiger partial charge in [-0.05, 0) is 31.2 Å². The summed E-state index contributed by atoms with van der Waals surface area (Å²) in [5.41, 5.74) is 0.799. The summed E-state index contributed by atoms with van der Waals surface area (Å²) in [4.78, 5) is 24.7. The first kappa shape index (κ1) is 16.6. The number of likely N-dealkylation sites (tertiary alicyclic amines) is 1. The van der Waals surface area contributed by atoms with Gasteiger partial charge in [0.25, 0.3) is 0 Å². The monoisotopic (exact) mass is 326 g/mol. The number of aliphatic carboxylic acids is 1. The van der Waals surface area contributed by atoms with Crippen LogP contribution >= 0.6 is 11.6 Å². The van der Waals surface area contributed by atoms with Crippen LogP contribution in [0.3, 0.4) is 0 Å². The van der Waals surface area contributed by atoms with Crippen LogP contribution in [-0.2, 0) is 16.1 Å². The van der Waals surface area contributed by atoms with Crippen LogP contribution in [0.15, 0.2) is 18.2 Å². The lowest BCUT2D eigenvalue weighted by molar-refractivity contribution is -0.141. The molecule has 2 N–H and O–H groups in total. The molecule has 1 aromatic carbocycles. The topological polar surface area (TPSA) is 78.9 Å². The van der Waals surface area contributed by atoms with Crippen molar-refractivity contribution in [3.8, 4) is 5.75 Å². The summed E-state index contributed by atoms with van der Waals surface area (Å²) >= 11 is 5.94. The Morgan fingerprint density at radius 1 is 1.50 bits per heavy atom. The van der Waals surface area contributed by atoms with E-state index in [1.807, 2.05) is 4.90 Å². The molecule has 1 saturated heterocycles. The number of halogens is 1. The molecule has 1 atom stereocenters. The average molecular weight is 327 g/mol. The first-order valence-corrected chi connectivity index (χ1v) is 7.41. The van der Waals surface area contributed by atoms with Gasteiger partial charge in [-0.3, -0.25) is 14.5 Å². The van der Waals surface area contributed by atoms with Crippen molar-refractivity contribution in [2.45, 2.75) is 13.0 Å². The minimum Gasteiger partial charge on any atom is -0.496 e. The Bertz CT molecular complexity index is 564. The van der Waals surface area contributed by atoms with Crippen LogP contribution in [0.5, 0.6) is 5.75 Å². The Morgan fingerprint density at radius 2 is 2.27 bits per heavy atom. The van der Waals surface area contributed by atoms with Crippen molar-refractivity contribution >= 4 is 23.5 Å². The highest BCUT2D eigenvalue weighted by Gasteiger charge is 2.28. The molecule has 0 radical (unpaired) electrons. The van der Waals surface area contributed by atoms with E-state index in [0.29, 0.717) is 36.8 Å².